The highest BCUT2D eigenvalue weighted by Crippen LogP contribution is 2.00. The first-order chi connectivity index (χ1) is 6.99. The Morgan fingerprint density at radius 1 is 1.33 bits per heavy atom. The molecule has 0 aromatic carbocycles. The number of primary amides is 1. The van der Waals surface area contributed by atoms with E-state index in [2.05, 4.69) is 5.32 Å². The smallest absolute Gasteiger partial charge is 0.240 e. The lowest BCUT2D eigenvalue weighted by Gasteiger charge is -2.16. The Hall–Kier alpha value is -1.14. The van der Waals surface area contributed by atoms with Crippen LogP contribution < -0.4 is 22.5 Å². The number of hydrogen-bond donors (Lipinski definition) is 4. The molecule has 0 aromatic heterocycles. The molecule has 0 bridgehead atoms. The van der Waals surface area contributed by atoms with Crippen molar-refractivity contribution in [3.8, 4) is 0 Å². The van der Waals surface area contributed by atoms with Gasteiger partial charge in [-0.1, -0.05) is 0 Å². The van der Waals surface area contributed by atoms with Crippen molar-refractivity contribution in [1.82, 2.24) is 5.32 Å². The number of carbonyl (C=O) groups excluding carboxylic acids is 2. The van der Waals surface area contributed by atoms with Gasteiger partial charge in [-0.2, -0.15) is 0 Å². The van der Waals surface area contributed by atoms with Crippen LogP contribution in [0.2, 0.25) is 0 Å². The predicted octanol–water partition coefficient (Wildman–Crippen LogP) is -1.57. The van der Waals surface area contributed by atoms with E-state index in [0.29, 0.717) is 13.0 Å². The lowest BCUT2D eigenvalue weighted by Crippen LogP contribution is -2.49. The lowest BCUT2D eigenvalue weighted by molar-refractivity contribution is -0.128. The number of unbranched alkanes of at least 4 members (excludes halogenated alkanes) is 1. The average molecular weight is 216 g/mol. The Morgan fingerprint density at radius 3 is 2.33 bits per heavy atom. The largest absolute Gasteiger partial charge is 0.368 e. The van der Waals surface area contributed by atoms with E-state index in [1.165, 1.54) is 0 Å². The van der Waals surface area contributed by atoms with E-state index < -0.39 is 18.0 Å². The minimum absolute atomic E-state index is 0.369. The molecule has 0 rings (SSSR count). The van der Waals surface area contributed by atoms with Gasteiger partial charge < -0.3 is 22.5 Å². The first-order valence-electron chi connectivity index (χ1n) is 5.04. The molecule has 0 aliphatic carbocycles. The van der Waals surface area contributed by atoms with Crippen molar-refractivity contribution >= 4 is 11.8 Å². The van der Waals surface area contributed by atoms with E-state index in [9.17, 15) is 9.59 Å². The summed E-state index contributed by atoms with van der Waals surface area (Å²) in [4.78, 5) is 22.2. The van der Waals surface area contributed by atoms with Crippen LogP contribution in [0.15, 0.2) is 0 Å². The topological polar surface area (TPSA) is 124 Å². The molecule has 2 atom stereocenters. The fourth-order valence-corrected chi connectivity index (χ4v) is 1.08. The van der Waals surface area contributed by atoms with Gasteiger partial charge in [0.25, 0.3) is 0 Å². The monoisotopic (exact) mass is 216 g/mol. The molecule has 6 nitrogen and oxygen atoms in total. The molecule has 0 saturated heterocycles. The quantitative estimate of drug-likeness (QED) is 0.384. The molecule has 0 aliphatic heterocycles. The Kier molecular flexibility index (Phi) is 6.64. The summed E-state index contributed by atoms with van der Waals surface area (Å²) in [5, 5.41) is 2.50. The van der Waals surface area contributed by atoms with Crippen LogP contribution in [0.4, 0.5) is 0 Å². The molecule has 0 heterocycles. The van der Waals surface area contributed by atoms with E-state index >= 15 is 0 Å². The van der Waals surface area contributed by atoms with E-state index in [1.54, 1.807) is 6.92 Å². The molecule has 15 heavy (non-hydrogen) atoms. The van der Waals surface area contributed by atoms with Crippen LogP contribution >= 0.6 is 0 Å². The summed E-state index contributed by atoms with van der Waals surface area (Å²) in [7, 11) is 0. The third-order valence-electron chi connectivity index (χ3n) is 2.02. The number of rotatable bonds is 7. The Morgan fingerprint density at radius 2 is 1.93 bits per heavy atom. The third kappa shape index (κ3) is 6.03. The second-order valence-electron chi connectivity index (χ2n) is 3.54. The second kappa shape index (κ2) is 7.19. The van der Waals surface area contributed by atoms with Crippen LogP contribution in [0.3, 0.4) is 0 Å². The van der Waals surface area contributed by atoms with Gasteiger partial charge in [-0.05, 0) is 32.7 Å². The summed E-state index contributed by atoms with van der Waals surface area (Å²) in [5.74, 6) is -0.910. The highest BCUT2D eigenvalue weighted by atomic mass is 16.2. The van der Waals surface area contributed by atoms with Crippen LogP contribution in [0, 0.1) is 0 Å². The number of amides is 2. The van der Waals surface area contributed by atoms with E-state index in [4.69, 9.17) is 17.2 Å². The molecule has 0 radical (unpaired) electrons. The SMILES string of the molecule is C[C@@H](N)C(=O)N[C@H](CCCCN)C(N)=O. The zero-order chi connectivity index (χ0) is 11.8. The average Bonchev–Trinajstić information content (AvgIpc) is 2.15. The van der Waals surface area contributed by atoms with E-state index in [-0.39, 0.29) is 5.91 Å². The molecule has 0 unspecified atom stereocenters. The molecule has 0 aliphatic rings. The zero-order valence-electron chi connectivity index (χ0n) is 9.03. The fourth-order valence-electron chi connectivity index (χ4n) is 1.08. The molecule has 6 heteroatoms. The first-order valence-corrected chi connectivity index (χ1v) is 5.04. The van der Waals surface area contributed by atoms with Gasteiger partial charge in [0.15, 0.2) is 0 Å². The van der Waals surface area contributed by atoms with Gasteiger partial charge in [0.2, 0.25) is 11.8 Å². The molecular formula is C9H20N4O2. The van der Waals surface area contributed by atoms with Crippen molar-refractivity contribution in [1.29, 1.82) is 0 Å². The number of carbonyl (C=O) groups is 2. The minimum Gasteiger partial charge on any atom is -0.368 e. The molecule has 0 spiro atoms. The molecule has 0 aromatic rings. The van der Waals surface area contributed by atoms with Gasteiger partial charge in [0, 0.05) is 0 Å². The van der Waals surface area contributed by atoms with Crippen LogP contribution in [0.25, 0.3) is 0 Å². The Balaban J connectivity index is 4.05. The number of hydrogen-bond acceptors (Lipinski definition) is 4. The normalized spacial score (nSPS) is 14.3. The van der Waals surface area contributed by atoms with Crippen molar-refractivity contribution in [3.05, 3.63) is 0 Å². The van der Waals surface area contributed by atoms with Crippen molar-refractivity contribution in [2.24, 2.45) is 17.2 Å². The van der Waals surface area contributed by atoms with Crippen molar-refractivity contribution in [2.45, 2.75) is 38.3 Å². The van der Waals surface area contributed by atoms with Gasteiger partial charge >= 0.3 is 0 Å². The summed E-state index contributed by atoms with van der Waals surface area (Å²) in [5.41, 5.74) is 15.8. The van der Waals surface area contributed by atoms with Gasteiger partial charge in [0.1, 0.15) is 6.04 Å². The molecule has 7 N–H and O–H groups in total. The predicted molar refractivity (Wildman–Crippen MR) is 57.7 cm³/mol. The molecule has 2 amide bonds. The molecule has 0 fully saturated rings. The van der Waals surface area contributed by atoms with Crippen LogP contribution in [0.5, 0.6) is 0 Å². The highest BCUT2D eigenvalue weighted by molar-refractivity contribution is 5.88. The van der Waals surface area contributed by atoms with E-state index in [0.717, 1.165) is 12.8 Å². The van der Waals surface area contributed by atoms with Crippen LogP contribution in [0.1, 0.15) is 26.2 Å². The van der Waals surface area contributed by atoms with Gasteiger partial charge in [-0.3, -0.25) is 9.59 Å². The summed E-state index contributed by atoms with van der Waals surface area (Å²) in [6.45, 7) is 2.11. The maximum atomic E-state index is 11.2. The minimum atomic E-state index is -0.643. The highest BCUT2D eigenvalue weighted by Gasteiger charge is 2.18. The molecular weight excluding hydrogens is 196 g/mol. The Labute approximate surface area is 89.6 Å². The zero-order valence-corrected chi connectivity index (χ0v) is 9.03. The van der Waals surface area contributed by atoms with E-state index in [1.807, 2.05) is 0 Å². The van der Waals surface area contributed by atoms with Crippen LogP contribution in [-0.2, 0) is 9.59 Å². The maximum Gasteiger partial charge on any atom is 0.240 e. The third-order valence-corrected chi connectivity index (χ3v) is 2.02. The summed E-state index contributed by atoms with van der Waals surface area (Å²) in [6, 6.07) is -1.28. The fraction of sp³-hybridized carbons (Fsp3) is 0.778. The van der Waals surface area contributed by atoms with Crippen molar-refractivity contribution in [2.75, 3.05) is 6.54 Å². The standard InChI is InChI=1S/C9H20N4O2/c1-6(11)9(15)13-7(8(12)14)4-2-3-5-10/h6-7H,2-5,10-11H2,1H3,(H2,12,14)(H,13,15)/t6-,7-/m1/s1. The van der Waals surface area contributed by atoms with Crippen molar-refractivity contribution in [3.63, 3.8) is 0 Å². The number of nitrogens with two attached hydrogens (primary N) is 3. The molecule has 88 valence electrons. The summed E-state index contributed by atoms with van der Waals surface area (Å²) < 4.78 is 0. The summed E-state index contributed by atoms with van der Waals surface area (Å²) in [6.07, 6.45) is 2.06. The second-order valence-corrected chi connectivity index (χ2v) is 3.54. The van der Waals surface area contributed by atoms with Gasteiger partial charge in [-0.15, -0.1) is 0 Å². The maximum absolute atomic E-state index is 11.2. The first kappa shape index (κ1) is 13.9. The lowest BCUT2D eigenvalue weighted by atomic mass is 10.1. The van der Waals surface area contributed by atoms with Crippen LogP contribution in [-0.4, -0.2) is 30.4 Å². The number of nitrogens with one attached hydrogen (secondary N) is 1. The van der Waals surface area contributed by atoms with Gasteiger partial charge in [0.05, 0.1) is 6.04 Å². The summed E-state index contributed by atoms with van der Waals surface area (Å²) >= 11 is 0. The van der Waals surface area contributed by atoms with Gasteiger partial charge in [-0.25, -0.2) is 0 Å². The Bertz CT molecular complexity index is 218. The van der Waals surface area contributed by atoms with Crippen molar-refractivity contribution < 1.29 is 9.59 Å². The molecule has 0 saturated carbocycles.